The summed E-state index contributed by atoms with van der Waals surface area (Å²) in [6.07, 6.45) is 1.93. The van der Waals surface area contributed by atoms with Gasteiger partial charge in [0, 0.05) is 33.9 Å². The van der Waals surface area contributed by atoms with Crippen molar-refractivity contribution in [1.82, 2.24) is 14.5 Å². The smallest absolute Gasteiger partial charge is 0.149 e. The Morgan fingerprint density at radius 2 is 0.850 bits per heavy atom. The molecule has 0 amide bonds. The van der Waals surface area contributed by atoms with E-state index in [1.54, 1.807) is 0 Å². The molecule has 12 aromatic rings. The van der Waals surface area contributed by atoms with Gasteiger partial charge in [0.05, 0.1) is 28.0 Å². The van der Waals surface area contributed by atoms with Crippen molar-refractivity contribution in [2.24, 2.45) is 0 Å². The fraction of sp³-hybridized carbons (Fsp3) is 0.132. The zero-order valence-corrected chi connectivity index (χ0v) is 46.6. The largest absolute Gasteiger partial charge is 0.507 e. The van der Waals surface area contributed by atoms with Crippen LogP contribution < -0.4 is 0 Å². The van der Waals surface area contributed by atoms with E-state index in [2.05, 4.69) is 284 Å². The van der Waals surface area contributed by atoms with Crippen LogP contribution in [0, 0.1) is 0 Å². The van der Waals surface area contributed by atoms with Crippen LogP contribution in [0.3, 0.4) is 0 Å². The van der Waals surface area contributed by atoms with Gasteiger partial charge in [-0.25, -0.2) is 4.98 Å². The van der Waals surface area contributed by atoms with E-state index in [0.29, 0.717) is 11.4 Å². The summed E-state index contributed by atoms with van der Waals surface area (Å²) in [6.45, 7) is 15.9. The number of aromatic nitrogens is 3. The summed E-state index contributed by atoms with van der Waals surface area (Å²) in [5.74, 6) is 0.807. The van der Waals surface area contributed by atoms with Crippen molar-refractivity contribution in [1.29, 1.82) is 0 Å². The van der Waals surface area contributed by atoms with Gasteiger partial charge in [-0.3, -0.25) is 9.55 Å². The first-order chi connectivity index (χ1) is 38.7. The molecular weight excluding hydrogens is 971 g/mol. The first kappa shape index (κ1) is 51.4. The summed E-state index contributed by atoms with van der Waals surface area (Å²) in [7, 11) is 0. The second kappa shape index (κ2) is 20.8. The van der Waals surface area contributed by atoms with Gasteiger partial charge < -0.3 is 5.11 Å². The van der Waals surface area contributed by atoms with Crippen molar-refractivity contribution in [3.63, 3.8) is 0 Å². The van der Waals surface area contributed by atoms with E-state index in [-0.39, 0.29) is 22.0 Å². The molecule has 1 N–H and O–H groups in total. The predicted molar refractivity (Wildman–Crippen MR) is 334 cm³/mol. The van der Waals surface area contributed by atoms with E-state index in [9.17, 15) is 5.11 Å². The third kappa shape index (κ3) is 9.73. The normalized spacial score (nSPS) is 12.0. The molecule has 2 heterocycles. The SMILES string of the molecule is CC(C)(C)c1cc(-c2cc(-c3ccc(C(C)(c4ccccc4)c4ccccc4)cc3)ccn2)cc(-c2cccc3c2nc(-c2cc(-c4ccccc4)cc(-c4ccccc4)c2O)n3-c2ccc(C(C)(C)C)cc2-c2ccccc2)c1. The first-order valence-electron chi connectivity index (χ1n) is 27.8. The number of hydrogen-bond donors (Lipinski definition) is 1. The molecule has 10 aromatic carbocycles. The molecule has 390 valence electrons. The number of phenolic OH excluding ortho intramolecular Hbond substituents is 1. The molecule has 4 heteroatoms. The molecule has 0 radical (unpaired) electrons. The third-order valence-corrected chi connectivity index (χ3v) is 16.1. The maximum absolute atomic E-state index is 12.9. The van der Waals surface area contributed by atoms with Crippen LogP contribution in [0.4, 0.5) is 0 Å². The Morgan fingerprint density at radius 1 is 0.338 bits per heavy atom. The number of phenols is 1. The summed E-state index contributed by atoms with van der Waals surface area (Å²) < 4.78 is 2.28. The molecule has 0 bridgehead atoms. The van der Waals surface area contributed by atoms with Crippen LogP contribution in [0.25, 0.3) is 95.0 Å². The highest BCUT2D eigenvalue weighted by Gasteiger charge is 2.31. The van der Waals surface area contributed by atoms with Crippen molar-refractivity contribution in [3.8, 4) is 89.7 Å². The third-order valence-electron chi connectivity index (χ3n) is 16.1. The number of pyridine rings is 1. The number of rotatable bonds is 11. The van der Waals surface area contributed by atoms with Gasteiger partial charge in [-0.2, -0.15) is 0 Å². The van der Waals surface area contributed by atoms with E-state index >= 15 is 0 Å². The quantitative estimate of drug-likeness (QED) is 0.131. The van der Waals surface area contributed by atoms with Crippen molar-refractivity contribution >= 4 is 11.0 Å². The molecule has 0 aliphatic rings. The summed E-state index contributed by atoms with van der Waals surface area (Å²) in [6, 6.07) is 90.6. The molecule has 0 saturated carbocycles. The lowest BCUT2D eigenvalue weighted by atomic mass is 9.71. The van der Waals surface area contributed by atoms with E-state index in [4.69, 9.17) is 9.97 Å². The molecule has 0 aliphatic carbocycles. The van der Waals surface area contributed by atoms with Crippen LogP contribution >= 0.6 is 0 Å². The van der Waals surface area contributed by atoms with Crippen LogP contribution in [0.15, 0.2) is 261 Å². The predicted octanol–water partition coefficient (Wildman–Crippen LogP) is 19.7. The van der Waals surface area contributed by atoms with Crippen molar-refractivity contribution in [2.45, 2.75) is 64.7 Å². The van der Waals surface area contributed by atoms with Crippen LogP contribution in [-0.4, -0.2) is 19.6 Å². The van der Waals surface area contributed by atoms with Gasteiger partial charge in [0.25, 0.3) is 0 Å². The molecule has 0 fully saturated rings. The van der Waals surface area contributed by atoms with Crippen molar-refractivity contribution in [2.75, 3.05) is 0 Å². The summed E-state index contributed by atoms with van der Waals surface area (Å²) >= 11 is 0. The molecule has 12 rings (SSSR count). The van der Waals surface area contributed by atoms with Gasteiger partial charge >= 0.3 is 0 Å². The second-order valence-corrected chi connectivity index (χ2v) is 23.4. The topological polar surface area (TPSA) is 50.9 Å². The van der Waals surface area contributed by atoms with Gasteiger partial charge in [0.15, 0.2) is 0 Å². The average molecular weight is 1040 g/mol. The maximum atomic E-state index is 12.9. The van der Waals surface area contributed by atoms with Gasteiger partial charge in [-0.05, 0) is 139 Å². The summed E-state index contributed by atoms with van der Waals surface area (Å²) in [4.78, 5) is 10.9. The number of fused-ring (bicyclic) bond motifs is 1. The van der Waals surface area contributed by atoms with Gasteiger partial charge in [-0.1, -0.05) is 242 Å². The molecule has 0 spiro atoms. The number of nitrogens with zero attached hydrogens (tertiary/aromatic N) is 3. The van der Waals surface area contributed by atoms with E-state index in [1.165, 1.54) is 27.8 Å². The number of hydrogen-bond acceptors (Lipinski definition) is 3. The summed E-state index contributed by atoms with van der Waals surface area (Å²) in [5, 5.41) is 12.9. The lowest BCUT2D eigenvalue weighted by molar-refractivity contribution is 0.479. The molecule has 0 aliphatic heterocycles. The Labute approximate surface area is 471 Å². The van der Waals surface area contributed by atoms with Gasteiger partial charge in [0.1, 0.15) is 11.6 Å². The Balaban J connectivity index is 1.05. The Kier molecular flexibility index (Phi) is 13.3. The number of imidazole rings is 1. The zero-order valence-electron chi connectivity index (χ0n) is 46.6. The maximum Gasteiger partial charge on any atom is 0.149 e. The minimum absolute atomic E-state index is 0.107. The highest BCUT2D eigenvalue weighted by molar-refractivity contribution is 5.99. The molecule has 4 nitrogen and oxygen atoms in total. The molecule has 0 saturated heterocycles. The molecule has 0 atom stereocenters. The Hall–Kier alpha value is -9.38. The van der Waals surface area contributed by atoms with Crippen LogP contribution in [0.1, 0.15) is 76.3 Å². The standard InChI is InChI=1S/C76H65N3O/c1-74(2,3)62-40-41-69(65(50-62)53-26-15-9-16-27-53)79-70-35-23-34-64(71(70)78-73(79)67-48-56(51-24-13-8-14-25-51)47-66(72(67)80)54-28-17-10-18-29-54)57-44-58(46-63(45-57)75(4,5)6)68-49-55(42-43-77-68)52-36-38-61(39-37-52)76(7,59-30-19-11-20-31-59)60-32-21-12-22-33-60/h8-50,80H,1-7H3. The first-order valence-corrected chi connectivity index (χ1v) is 27.8. The lowest BCUT2D eigenvalue weighted by Gasteiger charge is -2.32. The fourth-order valence-corrected chi connectivity index (χ4v) is 11.4. The minimum Gasteiger partial charge on any atom is -0.507 e. The Bertz CT molecular complexity index is 4130. The van der Waals surface area contributed by atoms with Crippen LogP contribution in [0.2, 0.25) is 0 Å². The molecule has 0 unspecified atom stereocenters. The van der Waals surface area contributed by atoms with E-state index in [1.807, 2.05) is 30.5 Å². The Morgan fingerprint density at radius 3 is 1.45 bits per heavy atom. The number of para-hydroxylation sites is 1. The van der Waals surface area contributed by atoms with Crippen LogP contribution in [0.5, 0.6) is 5.75 Å². The minimum atomic E-state index is -0.341. The van der Waals surface area contributed by atoms with Gasteiger partial charge in [-0.15, -0.1) is 0 Å². The summed E-state index contributed by atoms with van der Waals surface area (Å²) in [5.41, 5.74) is 20.8. The highest BCUT2D eigenvalue weighted by Crippen LogP contribution is 2.47. The number of benzene rings is 10. The average Bonchev–Trinajstić information content (AvgIpc) is 3.97. The molecular formula is C76H65N3O. The van der Waals surface area contributed by atoms with Crippen molar-refractivity contribution < 1.29 is 5.11 Å². The molecule has 80 heavy (non-hydrogen) atoms. The van der Waals surface area contributed by atoms with Crippen LogP contribution in [-0.2, 0) is 16.2 Å². The second-order valence-electron chi connectivity index (χ2n) is 23.4. The highest BCUT2D eigenvalue weighted by atomic mass is 16.3. The molecule has 2 aromatic heterocycles. The van der Waals surface area contributed by atoms with Gasteiger partial charge in [0.2, 0.25) is 0 Å². The van der Waals surface area contributed by atoms with E-state index < -0.39 is 0 Å². The fourth-order valence-electron chi connectivity index (χ4n) is 11.4. The van der Waals surface area contributed by atoms with E-state index in [0.717, 1.165) is 83.6 Å². The van der Waals surface area contributed by atoms with Crippen molar-refractivity contribution in [3.05, 3.63) is 289 Å². The zero-order chi connectivity index (χ0) is 55.2. The number of aromatic hydroxyl groups is 1. The monoisotopic (exact) mass is 1040 g/mol. The lowest BCUT2D eigenvalue weighted by Crippen LogP contribution is -2.25.